The number of hydrogen-bond acceptors (Lipinski definition) is 5. The molecule has 9 heteroatoms. The van der Waals surface area contributed by atoms with Gasteiger partial charge in [0.1, 0.15) is 11.7 Å². The summed E-state index contributed by atoms with van der Waals surface area (Å²) in [5, 5.41) is 11.7. The number of benzene rings is 3. The molecule has 33 heavy (non-hydrogen) atoms. The Morgan fingerprint density at radius 1 is 1.06 bits per heavy atom. The molecule has 4 rings (SSSR count). The van der Waals surface area contributed by atoms with Gasteiger partial charge in [-0.25, -0.2) is 12.8 Å². The summed E-state index contributed by atoms with van der Waals surface area (Å²) in [5.74, 6) is -2.66. The number of nitrogens with zero attached hydrogens (tertiary/aromatic N) is 1. The second-order valence-electron chi connectivity index (χ2n) is 7.68. The Morgan fingerprint density at radius 3 is 2.33 bits per heavy atom. The zero-order valence-electron chi connectivity index (χ0n) is 17.4. The lowest BCUT2D eigenvalue weighted by atomic mass is 9.90. The number of hydrogen-bond donors (Lipinski definition) is 2. The molecule has 0 fully saturated rings. The third-order valence-electron chi connectivity index (χ3n) is 5.24. The maximum absolute atomic E-state index is 13.7. The molecule has 3 aromatic rings. The van der Waals surface area contributed by atoms with Gasteiger partial charge in [-0.05, 0) is 53.1 Å². The van der Waals surface area contributed by atoms with Crippen molar-refractivity contribution in [2.45, 2.75) is 17.2 Å². The summed E-state index contributed by atoms with van der Waals surface area (Å²) in [5.41, 5.74) is 2.87. The van der Waals surface area contributed by atoms with Crippen molar-refractivity contribution in [3.63, 3.8) is 0 Å². The molecule has 1 atom stereocenters. The fourth-order valence-corrected chi connectivity index (χ4v) is 4.31. The molecule has 1 amide bonds. The molecular weight excluding hydrogens is 447 g/mol. The molecule has 0 spiro atoms. The Labute approximate surface area is 189 Å². The van der Waals surface area contributed by atoms with E-state index >= 15 is 0 Å². The molecule has 1 aliphatic rings. The molecule has 0 bridgehead atoms. The van der Waals surface area contributed by atoms with Gasteiger partial charge in [-0.2, -0.15) is 0 Å². The van der Waals surface area contributed by atoms with Crippen LogP contribution < -0.4 is 5.32 Å². The van der Waals surface area contributed by atoms with Crippen molar-refractivity contribution in [2.75, 3.05) is 11.6 Å². The summed E-state index contributed by atoms with van der Waals surface area (Å²) in [6.45, 7) is 0. The van der Waals surface area contributed by atoms with Crippen molar-refractivity contribution in [3.05, 3.63) is 89.2 Å². The zero-order chi connectivity index (χ0) is 23.8. The molecule has 0 saturated heterocycles. The highest BCUT2D eigenvalue weighted by Crippen LogP contribution is 2.36. The van der Waals surface area contributed by atoms with Gasteiger partial charge in [0.05, 0.1) is 22.7 Å². The number of anilines is 1. The summed E-state index contributed by atoms with van der Waals surface area (Å²) >= 11 is 0. The number of nitrogens with one attached hydrogen (secondary N) is 1. The Bertz CT molecular complexity index is 1380. The maximum atomic E-state index is 13.7. The number of amides is 1. The number of carboxylic acid groups (broad SMARTS) is 1. The fourth-order valence-electron chi connectivity index (χ4n) is 3.68. The van der Waals surface area contributed by atoms with Gasteiger partial charge >= 0.3 is 5.97 Å². The van der Waals surface area contributed by atoms with E-state index in [4.69, 9.17) is 5.11 Å². The van der Waals surface area contributed by atoms with E-state index < -0.39 is 27.5 Å². The Morgan fingerprint density at radius 2 is 1.73 bits per heavy atom. The summed E-state index contributed by atoms with van der Waals surface area (Å²) in [6.07, 6.45) is 0.958. The lowest BCUT2D eigenvalue weighted by Gasteiger charge is -2.14. The third-order valence-corrected chi connectivity index (χ3v) is 6.37. The molecule has 1 aliphatic heterocycles. The van der Waals surface area contributed by atoms with Crippen LogP contribution in [0.25, 0.3) is 0 Å². The average molecular weight is 466 g/mol. The van der Waals surface area contributed by atoms with E-state index in [-0.39, 0.29) is 17.2 Å². The molecule has 0 saturated carbocycles. The average Bonchev–Trinajstić information content (AvgIpc) is 3.06. The smallest absolute Gasteiger partial charge is 0.307 e. The molecule has 0 aliphatic carbocycles. The van der Waals surface area contributed by atoms with Crippen molar-refractivity contribution in [2.24, 2.45) is 4.99 Å². The SMILES string of the molecule is CS(=O)(=O)c1ccc(N=C(c2ccc(CC(=O)O)cc2)C2C(=O)Nc3cc(F)ccc32)cc1. The van der Waals surface area contributed by atoms with E-state index in [0.717, 1.165) is 6.26 Å². The zero-order valence-corrected chi connectivity index (χ0v) is 18.3. The van der Waals surface area contributed by atoms with E-state index in [9.17, 15) is 22.4 Å². The van der Waals surface area contributed by atoms with Crippen molar-refractivity contribution in [1.29, 1.82) is 0 Å². The molecule has 0 aromatic heterocycles. The van der Waals surface area contributed by atoms with E-state index in [0.29, 0.717) is 33.8 Å². The normalized spacial score (nSPS) is 15.8. The van der Waals surface area contributed by atoms with E-state index in [1.54, 1.807) is 24.3 Å². The largest absolute Gasteiger partial charge is 0.481 e. The van der Waals surface area contributed by atoms with Gasteiger partial charge in [0.2, 0.25) is 5.91 Å². The summed E-state index contributed by atoms with van der Waals surface area (Å²) in [6, 6.07) is 16.6. The molecule has 3 aromatic carbocycles. The first-order valence-electron chi connectivity index (χ1n) is 9.92. The molecular formula is C24H19FN2O5S. The van der Waals surface area contributed by atoms with Crippen molar-refractivity contribution >= 4 is 38.8 Å². The summed E-state index contributed by atoms with van der Waals surface area (Å²) < 4.78 is 37.2. The van der Waals surface area contributed by atoms with Crippen LogP contribution >= 0.6 is 0 Å². The molecule has 2 N–H and O–H groups in total. The first kappa shape index (κ1) is 22.3. The lowest BCUT2D eigenvalue weighted by Crippen LogP contribution is -2.22. The molecule has 0 radical (unpaired) electrons. The minimum Gasteiger partial charge on any atom is -0.481 e. The minimum absolute atomic E-state index is 0.139. The van der Waals surface area contributed by atoms with Crippen LogP contribution in [0.3, 0.4) is 0 Å². The molecule has 168 valence electrons. The fraction of sp³-hybridized carbons (Fsp3) is 0.125. The van der Waals surface area contributed by atoms with Crippen molar-refractivity contribution in [3.8, 4) is 0 Å². The van der Waals surface area contributed by atoms with Gasteiger partial charge in [-0.3, -0.25) is 14.6 Å². The number of carboxylic acids is 1. The first-order valence-corrected chi connectivity index (χ1v) is 11.8. The summed E-state index contributed by atoms with van der Waals surface area (Å²) in [4.78, 5) is 28.7. The van der Waals surface area contributed by atoms with Crippen LogP contribution in [0.1, 0.15) is 22.6 Å². The monoisotopic (exact) mass is 466 g/mol. The van der Waals surface area contributed by atoms with Crippen molar-refractivity contribution in [1.82, 2.24) is 0 Å². The van der Waals surface area contributed by atoms with Gasteiger partial charge < -0.3 is 10.4 Å². The number of aliphatic imine (C=N–C) groups is 1. The standard InChI is InChI=1S/C24H19FN2O5S/c1-33(31,32)18-9-7-17(8-10-18)26-23(15-4-2-14(3-5-15)12-21(28)29)22-19-11-6-16(25)13-20(19)27-24(22)30/h2-11,13,22H,12H2,1H3,(H,27,30)(H,28,29). The molecule has 1 heterocycles. The Hall–Kier alpha value is -3.85. The van der Waals surface area contributed by atoms with E-state index in [2.05, 4.69) is 10.3 Å². The third kappa shape index (κ3) is 4.83. The number of halogens is 1. The second kappa shape index (κ2) is 8.59. The van der Waals surface area contributed by atoms with Crippen LogP contribution in [0.15, 0.2) is 76.6 Å². The summed E-state index contributed by atoms with van der Waals surface area (Å²) in [7, 11) is -3.38. The molecule has 1 unspecified atom stereocenters. The number of fused-ring (bicyclic) bond motifs is 1. The Balaban J connectivity index is 1.82. The van der Waals surface area contributed by atoms with Crippen LogP contribution in [0, 0.1) is 5.82 Å². The van der Waals surface area contributed by atoms with Crippen LogP contribution in [0.4, 0.5) is 15.8 Å². The minimum atomic E-state index is -3.38. The van der Waals surface area contributed by atoms with Crippen LogP contribution in [-0.4, -0.2) is 37.4 Å². The second-order valence-corrected chi connectivity index (χ2v) is 9.70. The topological polar surface area (TPSA) is 113 Å². The number of sulfone groups is 1. The molecule has 7 nitrogen and oxygen atoms in total. The Kier molecular flexibility index (Phi) is 5.82. The van der Waals surface area contributed by atoms with Gasteiger partial charge in [-0.1, -0.05) is 30.3 Å². The van der Waals surface area contributed by atoms with E-state index in [1.807, 2.05) is 0 Å². The van der Waals surface area contributed by atoms with E-state index in [1.165, 1.54) is 42.5 Å². The predicted octanol–water partition coefficient (Wildman–Crippen LogP) is 3.71. The predicted molar refractivity (Wildman–Crippen MR) is 121 cm³/mol. The quantitative estimate of drug-likeness (QED) is 0.538. The van der Waals surface area contributed by atoms with Crippen LogP contribution in [0.5, 0.6) is 0 Å². The van der Waals surface area contributed by atoms with Crippen LogP contribution in [-0.2, 0) is 25.8 Å². The maximum Gasteiger partial charge on any atom is 0.307 e. The van der Waals surface area contributed by atoms with Gasteiger partial charge in [0.15, 0.2) is 9.84 Å². The van der Waals surface area contributed by atoms with Crippen LogP contribution in [0.2, 0.25) is 0 Å². The highest BCUT2D eigenvalue weighted by molar-refractivity contribution is 7.90. The number of carbonyl (C=O) groups is 2. The van der Waals surface area contributed by atoms with Gasteiger partial charge in [-0.15, -0.1) is 0 Å². The highest BCUT2D eigenvalue weighted by Gasteiger charge is 2.35. The van der Waals surface area contributed by atoms with Crippen molar-refractivity contribution < 1.29 is 27.5 Å². The lowest BCUT2D eigenvalue weighted by molar-refractivity contribution is -0.136. The highest BCUT2D eigenvalue weighted by atomic mass is 32.2. The van der Waals surface area contributed by atoms with Gasteiger partial charge in [0.25, 0.3) is 0 Å². The number of carbonyl (C=O) groups excluding carboxylic acids is 1. The first-order chi connectivity index (χ1) is 15.6. The number of aliphatic carboxylic acids is 1. The van der Waals surface area contributed by atoms with Gasteiger partial charge in [0, 0.05) is 11.9 Å². The number of rotatable bonds is 6.